The highest BCUT2D eigenvalue weighted by Crippen LogP contribution is 2.26. The Kier molecular flexibility index (Phi) is 4.42. The van der Waals surface area contributed by atoms with E-state index in [1.165, 1.54) is 16.1 Å². The Bertz CT molecular complexity index is 528. The van der Waals surface area contributed by atoms with Crippen LogP contribution in [0.4, 0.5) is 0 Å². The van der Waals surface area contributed by atoms with Crippen LogP contribution < -0.4 is 5.32 Å². The summed E-state index contributed by atoms with van der Waals surface area (Å²) >= 11 is 1.80. The summed E-state index contributed by atoms with van der Waals surface area (Å²) in [6.07, 6.45) is 0. The van der Waals surface area contributed by atoms with Gasteiger partial charge in [0.1, 0.15) is 0 Å². The van der Waals surface area contributed by atoms with Gasteiger partial charge in [0.25, 0.3) is 0 Å². The van der Waals surface area contributed by atoms with Crippen LogP contribution in [0.3, 0.4) is 0 Å². The molecule has 0 aliphatic carbocycles. The molecule has 0 fully saturated rings. The summed E-state index contributed by atoms with van der Waals surface area (Å²) in [4.78, 5) is 1.38. The highest BCUT2D eigenvalue weighted by atomic mass is 32.1. The Morgan fingerprint density at radius 1 is 1.32 bits per heavy atom. The average molecular weight is 277 g/mol. The maximum Gasteiger partial charge on any atom is 0.0644 e. The topological polar surface area (TPSA) is 29.9 Å². The van der Waals surface area contributed by atoms with E-state index >= 15 is 0 Å². The summed E-state index contributed by atoms with van der Waals surface area (Å²) in [6, 6.07) is 4.98. The molecule has 0 bridgehead atoms. The van der Waals surface area contributed by atoms with E-state index in [4.69, 9.17) is 0 Å². The number of aromatic nitrogens is 2. The number of thiophene rings is 1. The summed E-state index contributed by atoms with van der Waals surface area (Å²) in [5.41, 5.74) is 3.75. The molecule has 0 aliphatic rings. The zero-order valence-corrected chi connectivity index (χ0v) is 13.2. The quantitative estimate of drug-likeness (QED) is 0.895. The molecule has 1 N–H and O–H groups in total. The molecule has 2 heterocycles. The molecule has 2 atom stereocenters. The van der Waals surface area contributed by atoms with Gasteiger partial charge >= 0.3 is 0 Å². The maximum absolute atomic E-state index is 4.60. The zero-order valence-electron chi connectivity index (χ0n) is 12.4. The molecule has 0 radical (unpaired) electrons. The van der Waals surface area contributed by atoms with Crippen molar-refractivity contribution in [2.24, 2.45) is 0 Å². The third kappa shape index (κ3) is 2.90. The molecule has 0 spiro atoms. The van der Waals surface area contributed by atoms with Gasteiger partial charge in [-0.15, -0.1) is 11.3 Å². The highest BCUT2D eigenvalue weighted by Gasteiger charge is 2.19. The monoisotopic (exact) mass is 277 g/mol. The van der Waals surface area contributed by atoms with Gasteiger partial charge in [-0.3, -0.25) is 4.68 Å². The lowest BCUT2D eigenvalue weighted by Crippen LogP contribution is -2.22. The molecule has 2 aromatic rings. The van der Waals surface area contributed by atoms with Crippen molar-refractivity contribution in [3.05, 3.63) is 39.3 Å². The van der Waals surface area contributed by atoms with E-state index in [9.17, 15) is 0 Å². The standard InChI is InChI=1S/C15H23N3S/c1-6-18-13(5)15(12(4)17-18)11(3)16-10(2)14-8-7-9-19-14/h7-11,16H,6H2,1-5H3/t10-,11?/m1/s1. The van der Waals surface area contributed by atoms with Crippen LogP contribution in [0.2, 0.25) is 0 Å². The first kappa shape index (κ1) is 14.3. The Morgan fingerprint density at radius 3 is 2.58 bits per heavy atom. The van der Waals surface area contributed by atoms with Crippen LogP contribution in [-0.4, -0.2) is 9.78 Å². The van der Waals surface area contributed by atoms with E-state index in [1.54, 1.807) is 11.3 Å². The van der Waals surface area contributed by atoms with Gasteiger partial charge < -0.3 is 5.32 Å². The number of nitrogens with zero attached hydrogens (tertiary/aromatic N) is 2. The van der Waals surface area contributed by atoms with Crippen molar-refractivity contribution in [2.45, 2.75) is 53.2 Å². The molecular weight excluding hydrogens is 254 g/mol. The highest BCUT2D eigenvalue weighted by molar-refractivity contribution is 7.10. The first-order valence-corrected chi connectivity index (χ1v) is 7.75. The van der Waals surface area contributed by atoms with Gasteiger partial charge in [0.05, 0.1) is 5.69 Å². The summed E-state index contributed by atoms with van der Waals surface area (Å²) in [5.74, 6) is 0. The smallest absolute Gasteiger partial charge is 0.0644 e. The Morgan fingerprint density at radius 2 is 2.05 bits per heavy atom. The van der Waals surface area contributed by atoms with Gasteiger partial charge in [0.15, 0.2) is 0 Å². The zero-order chi connectivity index (χ0) is 14.0. The Balaban J connectivity index is 2.16. The normalized spacial score (nSPS) is 14.6. The minimum Gasteiger partial charge on any atom is -0.303 e. The predicted octanol–water partition coefficient (Wildman–Crippen LogP) is 3.99. The number of nitrogens with one attached hydrogen (secondary N) is 1. The first-order valence-electron chi connectivity index (χ1n) is 6.88. The molecule has 0 amide bonds. The van der Waals surface area contributed by atoms with Crippen molar-refractivity contribution in [1.82, 2.24) is 15.1 Å². The van der Waals surface area contributed by atoms with Crippen molar-refractivity contribution < 1.29 is 0 Å². The predicted molar refractivity (Wildman–Crippen MR) is 81.7 cm³/mol. The number of rotatable bonds is 5. The fraction of sp³-hybridized carbons (Fsp3) is 0.533. The van der Waals surface area contributed by atoms with Crippen LogP contribution in [0.5, 0.6) is 0 Å². The van der Waals surface area contributed by atoms with Crippen LogP contribution in [0.25, 0.3) is 0 Å². The van der Waals surface area contributed by atoms with Crippen molar-refractivity contribution in [3.8, 4) is 0 Å². The third-order valence-corrected chi connectivity index (χ3v) is 4.69. The van der Waals surface area contributed by atoms with Crippen LogP contribution in [0.15, 0.2) is 17.5 Å². The van der Waals surface area contributed by atoms with Gasteiger partial charge in [-0.05, 0) is 46.1 Å². The molecular formula is C15H23N3S. The second-order valence-corrected chi connectivity index (χ2v) is 6.00. The fourth-order valence-corrected chi connectivity index (χ4v) is 3.47. The number of aryl methyl sites for hydroxylation is 2. The number of hydrogen-bond acceptors (Lipinski definition) is 3. The largest absolute Gasteiger partial charge is 0.303 e. The first-order chi connectivity index (χ1) is 9.04. The third-order valence-electron chi connectivity index (χ3n) is 3.64. The van der Waals surface area contributed by atoms with Crippen LogP contribution in [0, 0.1) is 13.8 Å². The minimum absolute atomic E-state index is 0.317. The van der Waals surface area contributed by atoms with Gasteiger partial charge in [-0.25, -0.2) is 0 Å². The molecule has 3 nitrogen and oxygen atoms in total. The summed E-state index contributed by atoms with van der Waals surface area (Å²) in [5, 5.41) is 10.4. The lowest BCUT2D eigenvalue weighted by atomic mass is 10.1. The van der Waals surface area contributed by atoms with Gasteiger partial charge in [0.2, 0.25) is 0 Å². The fourth-order valence-electron chi connectivity index (χ4n) is 2.72. The molecule has 0 aliphatic heterocycles. The van der Waals surface area contributed by atoms with Crippen molar-refractivity contribution >= 4 is 11.3 Å². The van der Waals surface area contributed by atoms with Gasteiger partial charge in [-0.1, -0.05) is 6.07 Å². The van der Waals surface area contributed by atoms with Crippen LogP contribution in [-0.2, 0) is 6.54 Å². The van der Waals surface area contributed by atoms with E-state index < -0.39 is 0 Å². The van der Waals surface area contributed by atoms with E-state index in [2.05, 4.69) is 67.2 Å². The van der Waals surface area contributed by atoms with E-state index in [-0.39, 0.29) is 0 Å². The maximum atomic E-state index is 4.60. The molecule has 4 heteroatoms. The molecule has 2 aromatic heterocycles. The summed E-state index contributed by atoms with van der Waals surface area (Å²) in [6.45, 7) is 11.8. The van der Waals surface area contributed by atoms with E-state index in [0.717, 1.165) is 12.2 Å². The molecule has 0 aromatic carbocycles. The SMILES string of the molecule is CCn1nc(C)c(C(C)N[C@H](C)c2cccs2)c1C. The number of hydrogen-bond donors (Lipinski definition) is 1. The molecule has 1 unspecified atom stereocenters. The molecule has 19 heavy (non-hydrogen) atoms. The van der Waals surface area contributed by atoms with Crippen molar-refractivity contribution in [3.63, 3.8) is 0 Å². The second-order valence-electron chi connectivity index (χ2n) is 5.03. The van der Waals surface area contributed by atoms with Gasteiger partial charge in [-0.2, -0.15) is 5.10 Å². The molecule has 0 saturated carbocycles. The second kappa shape index (κ2) is 5.88. The Hall–Kier alpha value is -1.13. The average Bonchev–Trinajstić information content (AvgIpc) is 2.97. The van der Waals surface area contributed by atoms with Gasteiger partial charge in [0, 0.05) is 34.8 Å². The molecule has 2 rings (SSSR count). The summed E-state index contributed by atoms with van der Waals surface area (Å²) < 4.78 is 2.08. The summed E-state index contributed by atoms with van der Waals surface area (Å²) in [7, 11) is 0. The minimum atomic E-state index is 0.317. The van der Waals surface area contributed by atoms with Crippen LogP contribution >= 0.6 is 11.3 Å². The lowest BCUT2D eigenvalue weighted by Gasteiger charge is -2.20. The van der Waals surface area contributed by atoms with Crippen LogP contribution in [0.1, 0.15) is 54.7 Å². The van der Waals surface area contributed by atoms with E-state index in [0.29, 0.717) is 12.1 Å². The molecule has 0 saturated heterocycles. The van der Waals surface area contributed by atoms with Crippen molar-refractivity contribution in [1.29, 1.82) is 0 Å². The Labute approximate surface area is 119 Å². The van der Waals surface area contributed by atoms with E-state index in [1.807, 2.05) is 0 Å². The lowest BCUT2D eigenvalue weighted by molar-refractivity contribution is 0.496. The molecule has 104 valence electrons. The van der Waals surface area contributed by atoms with Crippen molar-refractivity contribution in [2.75, 3.05) is 0 Å².